The average molecular weight is 466 g/mol. The minimum atomic E-state index is 0. The first kappa shape index (κ1) is 19.5. The summed E-state index contributed by atoms with van der Waals surface area (Å²) in [5.74, 6) is 1.10. The Morgan fingerprint density at radius 3 is 2.42 bits per heavy atom. The van der Waals surface area contributed by atoms with Gasteiger partial charge in [0.15, 0.2) is 5.96 Å². The molecule has 1 N–H and O–H groups in total. The van der Waals surface area contributed by atoms with Gasteiger partial charge in [0.25, 0.3) is 0 Å². The van der Waals surface area contributed by atoms with Crippen LogP contribution in [-0.2, 0) is 6.54 Å². The standard InChI is InChI=1S/C21H30N4.HI/c1-2-22-20(25-15-12-21(17-25)10-5-11-21)23-16-18-6-8-19(9-7-18)24-13-3-4-14-24;/h3-4,6-9H,2,5,10-17H2,1H3,(H,22,23);1H. The van der Waals surface area contributed by atoms with E-state index in [-0.39, 0.29) is 24.0 Å². The minimum absolute atomic E-state index is 0. The summed E-state index contributed by atoms with van der Waals surface area (Å²) in [4.78, 5) is 9.78. The molecule has 4 rings (SSSR count). The maximum atomic E-state index is 4.92. The number of hydrogen-bond donors (Lipinski definition) is 1. The van der Waals surface area contributed by atoms with Crippen molar-refractivity contribution < 1.29 is 0 Å². The third-order valence-electron chi connectivity index (χ3n) is 6.02. The van der Waals surface area contributed by atoms with Crippen LogP contribution in [0.1, 0.15) is 38.2 Å². The van der Waals surface area contributed by atoms with E-state index in [1.54, 1.807) is 0 Å². The molecule has 0 aromatic heterocycles. The van der Waals surface area contributed by atoms with Crippen molar-refractivity contribution in [3.63, 3.8) is 0 Å². The van der Waals surface area contributed by atoms with Crippen molar-refractivity contribution in [2.24, 2.45) is 10.4 Å². The van der Waals surface area contributed by atoms with Gasteiger partial charge in [-0.1, -0.05) is 30.7 Å². The van der Waals surface area contributed by atoms with Crippen molar-refractivity contribution in [3.8, 4) is 0 Å². The monoisotopic (exact) mass is 466 g/mol. The zero-order valence-corrected chi connectivity index (χ0v) is 18.1. The summed E-state index contributed by atoms with van der Waals surface area (Å²) in [5, 5.41) is 3.50. The van der Waals surface area contributed by atoms with Gasteiger partial charge in [0.05, 0.1) is 6.54 Å². The van der Waals surface area contributed by atoms with Crippen molar-refractivity contribution in [1.82, 2.24) is 10.2 Å². The third kappa shape index (κ3) is 4.18. The van der Waals surface area contributed by atoms with Crippen LogP contribution in [0.15, 0.2) is 41.4 Å². The molecule has 1 spiro atoms. The van der Waals surface area contributed by atoms with Crippen LogP contribution in [0.2, 0.25) is 0 Å². The highest BCUT2D eigenvalue weighted by atomic mass is 127. The quantitative estimate of drug-likeness (QED) is 0.315. The van der Waals surface area contributed by atoms with Gasteiger partial charge in [-0.15, -0.1) is 24.0 Å². The second kappa shape index (κ2) is 8.63. The lowest BCUT2D eigenvalue weighted by atomic mass is 9.68. The predicted octanol–water partition coefficient (Wildman–Crippen LogP) is 4.02. The second-order valence-corrected chi connectivity index (χ2v) is 7.74. The zero-order chi connectivity index (χ0) is 17.1. The molecule has 1 aromatic rings. The highest BCUT2D eigenvalue weighted by Crippen LogP contribution is 2.47. The lowest BCUT2D eigenvalue weighted by molar-refractivity contribution is 0.151. The summed E-state index contributed by atoms with van der Waals surface area (Å²) in [7, 11) is 0. The predicted molar refractivity (Wildman–Crippen MR) is 120 cm³/mol. The number of benzene rings is 1. The number of nitrogens with one attached hydrogen (secondary N) is 1. The number of guanidine groups is 1. The molecule has 26 heavy (non-hydrogen) atoms. The van der Waals surface area contributed by atoms with Crippen LogP contribution < -0.4 is 10.2 Å². The van der Waals surface area contributed by atoms with Crippen LogP contribution in [0.25, 0.3) is 0 Å². The van der Waals surface area contributed by atoms with E-state index >= 15 is 0 Å². The Morgan fingerprint density at radius 2 is 1.85 bits per heavy atom. The number of aliphatic imine (C=N–C) groups is 1. The molecular weight excluding hydrogens is 435 g/mol. The van der Waals surface area contributed by atoms with Crippen LogP contribution in [0.4, 0.5) is 5.69 Å². The van der Waals surface area contributed by atoms with Crippen molar-refractivity contribution in [2.75, 3.05) is 37.6 Å². The summed E-state index contributed by atoms with van der Waals surface area (Å²) in [6, 6.07) is 8.89. The van der Waals surface area contributed by atoms with E-state index in [1.165, 1.54) is 43.5 Å². The molecule has 1 saturated carbocycles. The van der Waals surface area contributed by atoms with E-state index in [2.05, 4.69) is 58.5 Å². The molecule has 142 valence electrons. The molecule has 0 bridgehead atoms. The highest BCUT2D eigenvalue weighted by molar-refractivity contribution is 14.0. The van der Waals surface area contributed by atoms with Gasteiger partial charge in [0, 0.05) is 38.4 Å². The van der Waals surface area contributed by atoms with Crippen molar-refractivity contribution in [3.05, 3.63) is 42.0 Å². The molecule has 3 aliphatic rings. The van der Waals surface area contributed by atoms with Gasteiger partial charge in [0.1, 0.15) is 0 Å². The fourth-order valence-electron chi connectivity index (χ4n) is 4.29. The Bertz CT molecular complexity index is 640. The van der Waals surface area contributed by atoms with E-state index in [1.807, 2.05) is 0 Å². The Kier molecular flexibility index (Phi) is 6.48. The van der Waals surface area contributed by atoms with E-state index in [0.717, 1.165) is 38.7 Å². The van der Waals surface area contributed by atoms with Gasteiger partial charge in [-0.3, -0.25) is 0 Å². The zero-order valence-electron chi connectivity index (χ0n) is 15.8. The fourth-order valence-corrected chi connectivity index (χ4v) is 4.29. The van der Waals surface area contributed by atoms with E-state index < -0.39 is 0 Å². The molecule has 0 radical (unpaired) electrons. The summed E-state index contributed by atoms with van der Waals surface area (Å²) < 4.78 is 0. The molecule has 1 saturated heterocycles. The smallest absolute Gasteiger partial charge is 0.194 e. The molecule has 0 unspecified atom stereocenters. The minimum Gasteiger partial charge on any atom is -0.364 e. The Morgan fingerprint density at radius 1 is 1.12 bits per heavy atom. The fraction of sp³-hybridized carbons (Fsp3) is 0.571. The van der Waals surface area contributed by atoms with Gasteiger partial charge in [0.2, 0.25) is 0 Å². The number of nitrogens with zero attached hydrogens (tertiary/aromatic N) is 3. The second-order valence-electron chi connectivity index (χ2n) is 7.74. The van der Waals surface area contributed by atoms with Crippen LogP contribution in [0.5, 0.6) is 0 Å². The van der Waals surface area contributed by atoms with Gasteiger partial charge in [-0.25, -0.2) is 4.99 Å². The van der Waals surface area contributed by atoms with E-state index in [4.69, 9.17) is 4.99 Å². The number of likely N-dealkylation sites (tertiary alicyclic amines) is 1. The third-order valence-corrected chi connectivity index (χ3v) is 6.02. The maximum absolute atomic E-state index is 4.92. The molecule has 2 heterocycles. The van der Waals surface area contributed by atoms with Gasteiger partial charge in [-0.2, -0.15) is 0 Å². The van der Waals surface area contributed by atoms with Crippen molar-refractivity contribution in [1.29, 1.82) is 0 Å². The molecule has 1 aromatic carbocycles. The van der Waals surface area contributed by atoms with Crippen molar-refractivity contribution >= 4 is 35.6 Å². The van der Waals surface area contributed by atoms with Crippen LogP contribution in [0, 0.1) is 5.41 Å². The Labute approximate surface area is 174 Å². The largest absolute Gasteiger partial charge is 0.364 e. The van der Waals surface area contributed by atoms with Crippen LogP contribution in [-0.4, -0.2) is 43.6 Å². The van der Waals surface area contributed by atoms with E-state index in [0.29, 0.717) is 5.41 Å². The topological polar surface area (TPSA) is 30.9 Å². The summed E-state index contributed by atoms with van der Waals surface area (Å²) >= 11 is 0. The molecule has 1 aliphatic carbocycles. The number of hydrogen-bond acceptors (Lipinski definition) is 2. The highest BCUT2D eigenvalue weighted by Gasteiger charge is 2.43. The van der Waals surface area contributed by atoms with Gasteiger partial charge < -0.3 is 15.1 Å². The summed E-state index contributed by atoms with van der Waals surface area (Å²) in [5.41, 5.74) is 3.20. The van der Waals surface area contributed by atoms with Crippen LogP contribution >= 0.6 is 24.0 Å². The summed E-state index contributed by atoms with van der Waals surface area (Å²) in [6.07, 6.45) is 10.0. The molecule has 2 fully saturated rings. The Hall–Kier alpha value is -1.24. The van der Waals surface area contributed by atoms with Gasteiger partial charge >= 0.3 is 0 Å². The van der Waals surface area contributed by atoms with Crippen LogP contribution in [0.3, 0.4) is 0 Å². The molecular formula is C21H31IN4. The Balaban J connectivity index is 0.00000196. The first-order chi connectivity index (χ1) is 12.3. The lowest BCUT2D eigenvalue weighted by Gasteiger charge is -2.38. The van der Waals surface area contributed by atoms with Crippen molar-refractivity contribution in [2.45, 2.75) is 39.2 Å². The molecule has 0 atom stereocenters. The maximum Gasteiger partial charge on any atom is 0.194 e. The first-order valence-corrected chi connectivity index (χ1v) is 9.80. The SMILES string of the molecule is CCNC(=NCc1ccc(N2CC=CC2)cc1)N1CCC2(CCC2)C1.I. The number of rotatable bonds is 4. The lowest BCUT2D eigenvalue weighted by Crippen LogP contribution is -2.42. The molecule has 4 nitrogen and oxygen atoms in total. The molecule has 0 amide bonds. The first-order valence-electron chi connectivity index (χ1n) is 9.80. The van der Waals surface area contributed by atoms with E-state index in [9.17, 15) is 0 Å². The van der Waals surface area contributed by atoms with Gasteiger partial charge in [-0.05, 0) is 49.3 Å². The summed E-state index contributed by atoms with van der Waals surface area (Å²) in [6.45, 7) is 8.25. The normalized spacial score (nSPS) is 21.0. The average Bonchev–Trinajstić information content (AvgIpc) is 3.28. The number of anilines is 1. The molecule has 5 heteroatoms. The number of halogens is 1. The molecule has 2 aliphatic heterocycles.